The zero-order chi connectivity index (χ0) is 22.3. The third-order valence-electron chi connectivity index (χ3n) is 4.85. The quantitative estimate of drug-likeness (QED) is 0.515. The average Bonchev–Trinajstić information content (AvgIpc) is 2.72. The van der Waals surface area contributed by atoms with Gasteiger partial charge in [-0.25, -0.2) is 0 Å². The van der Waals surface area contributed by atoms with Crippen molar-refractivity contribution in [2.45, 2.75) is 32.2 Å². The fourth-order valence-electron chi connectivity index (χ4n) is 3.26. The number of carboxylic acid groups (broad SMARTS) is 2. The van der Waals surface area contributed by atoms with E-state index in [-0.39, 0.29) is 12.5 Å². The van der Waals surface area contributed by atoms with Crippen LogP contribution in [0.25, 0.3) is 11.1 Å². The Morgan fingerprint density at radius 3 is 2.07 bits per heavy atom. The molecule has 3 N–H and O–H groups in total. The van der Waals surface area contributed by atoms with Crippen molar-refractivity contribution in [2.24, 2.45) is 5.92 Å². The number of hydrogen-bond acceptors (Lipinski definition) is 5. The summed E-state index contributed by atoms with van der Waals surface area (Å²) >= 11 is 0. The van der Waals surface area contributed by atoms with Crippen molar-refractivity contribution < 1.29 is 29.3 Å². The molecule has 162 valence electrons. The van der Waals surface area contributed by atoms with Crippen LogP contribution >= 0.6 is 0 Å². The van der Waals surface area contributed by atoms with E-state index in [1.54, 1.807) is 38.5 Å². The average molecular weight is 415 g/mol. The molecule has 0 radical (unpaired) electrons. The normalized spacial score (nSPS) is 13.0. The first kappa shape index (κ1) is 23.2. The Balaban J connectivity index is 2.30. The molecule has 7 nitrogen and oxygen atoms in total. The Hall–Kier alpha value is -3.06. The van der Waals surface area contributed by atoms with Gasteiger partial charge in [0.2, 0.25) is 0 Å². The second-order valence-electron chi connectivity index (χ2n) is 7.55. The third-order valence-corrected chi connectivity index (χ3v) is 4.85. The maximum Gasteiger partial charge on any atom is 0.320 e. The van der Waals surface area contributed by atoms with Crippen LogP contribution in [0.15, 0.2) is 42.5 Å². The lowest BCUT2D eigenvalue weighted by molar-refractivity contribution is -0.142. The summed E-state index contributed by atoms with van der Waals surface area (Å²) in [4.78, 5) is 23.4. The number of hydrogen-bond donors (Lipinski definition) is 3. The number of rotatable bonds is 11. The second kappa shape index (κ2) is 10.6. The topological polar surface area (TPSA) is 105 Å². The van der Waals surface area contributed by atoms with E-state index < -0.39 is 23.9 Å². The Kier molecular flexibility index (Phi) is 8.24. The van der Waals surface area contributed by atoms with Gasteiger partial charge < -0.3 is 25.0 Å². The highest BCUT2D eigenvalue weighted by atomic mass is 16.5. The summed E-state index contributed by atoms with van der Waals surface area (Å²) in [5.41, 5.74) is 2.23. The van der Waals surface area contributed by atoms with Crippen molar-refractivity contribution in [1.29, 1.82) is 0 Å². The third kappa shape index (κ3) is 6.22. The van der Waals surface area contributed by atoms with Gasteiger partial charge >= 0.3 is 11.9 Å². The van der Waals surface area contributed by atoms with Crippen LogP contribution < -0.4 is 14.8 Å². The van der Waals surface area contributed by atoms with Gasteiger partial charge in [-0.3, -0.25) is 9.59 Å². The first-order chi connectivity index (χ1) is 14.2. The maximum absolute atomic E-state index is 11.9. The number of methoxy groups -OCH3 is 2. The van der Waals surface area contributed by atoms with Crippen LogP contribution in [-0.2, 0) is 9.59 Å². The molecule has 0 aliphatic carbocycles. The van der Waals surface area contributed by atoms with Crippen molar-refractivity contribution in [3.8, 4) is 22.6 Å². The summed E-state index contributed by atoms with van der Waals surface area (Å²) in [6.07, 6.45) is 0.422. The highest BCUT2D eigenvalue weighted by Gasteiger charge is 2.25. The van der Waals surface area contributed by atoms with Crippen LogP contribution in [0.2, 0.25) is 0 Å². The molecular formula is C23H29NO6. The molecule has 2 aromatic rings. The van der Waals surface area contributed by atoms with E-state index in [1.165, 1.54) is 0 Å². The second-order valence-corrected chi connectivity index (χ2v) is 7.55. The summed E-state index contributed by atoms with van der Waals surface area (Å²) in [5.74, 6) is -1.45. The lowest BCUT2D eigenvalue weighted by Crippen LogP contribution is -2.41. The van der Waals surface area contributed by atoms with Gasteiger partial charge in [-0.15, -0.1) is 0 Å². The molecule has 0 amide bonds. The van der Waals surface area contributed by atoms with Gasteiger partial charge in [0, 0.05) is 12.6 Å². The minimum Gasteiger partial charge on any atom is -0.497 e. The Morgan fingerprint density at radius 1 is 0.933 bits per heavy atom. The molecule has 2 rings (SSSR count). The first-order valence-corrected chi connectivity index (χ1v) is 9.77. The molecule has 7 heteroatoms. The van der Waals surface area contributed by atoms with E-state index in [2.05, 4.69) is 5.32 Å². The summed E-state index contributed by atoms with van der Waals surface area (Å²) in [5, 5.41) is 22.1. The Morgan fingerprint density at radius 2 is 1.57 bits per heavy atom. The monoisotopic (exact) mass is 415 g/mol. The van der Waals surface area contributed by atoms with E-state index in [4.69, 9.17) is 9.47 Å². The van der Waals surface area contributed by atoms with Crippen LogP contribution in [0.3, 0.4) is 0 Å². The van der Waals surface area contributed by atoms with Crippen LogP contribution in [0, 0.1) is 5.92 Å². The zero-order valence-electron chi connectivity index (χ0n) is 17.7. The number of carboxylic acids is 2. The van der Waals surface area contributed by atoms with Crippen molar-refractivity contribution in [3.05, 3.63) is 48.0 Å². The number of ether oxygens (including phenoxy) is 2. The van der Waals surface area contributed by atoms with E-state index in [9.17, 15) is 19.8 Å². The summed E-state index contributed by atoms with van der Waals surface area (Å²) in [6, 6.07) is 11.9. The molecule has 0 aliphatic rings. The standard InChI is InChI=1S/C23H29NO6/c1-14(2)8-21(23(27)28)24-13-20(22(25)26)16-7-5-6-15(9-16)17-10-18(29-3)12-19(11-17)30-4/h5-7,9-12,14,20-21,24H,8,13H2,1-4H3,(H,25,26)(H,27,28). The molecule has 0 spiro atoms. The van der Waals surface area contributed by atoms with Crippen molar-refractivity contribution >= 4 is 11.9 Å². The maximum atomic E-state index is 11.9. The largest absolute Gasteiger partial charge is 0.497 e. The minimum atomic E-state index is -1.02. The molecular weight excluding hydrogens is 386 g/mol. The van der Waals surface area contributed by atoms with Crippen molar-refractivity contribution in [3.63, 3.8) is 0 Å². The highest BCUT2D eigenvalue weighted by Crippen LogP contribution is 2.31. The minimum absolute atomic E-state index is 0.0178. The van der Waals surface area contributed by atoms with Gasteiger partial charge in [0.25, 0.3) is 0 Å². The Bertz CT molecular complexity index is 857. The molecule has 0 saturated heterocycles. The van der Waals surface area contributed by atoms with Crippen molar-refractivity contribution in [1.82, 2.24) is 5.32 Å². The number of nitrogens with one attached hydrogen (secondary N) is 1. The zero-order valence-corrected chi connectivity index (χ0v) is 17.7. The Labute approximate surface area is 176 Å². The predicted octanol–water partition coefficient (Wildman–Crippen LogP) is 3.63. The van der Waals surface area contributed by atoms with Crippen LogP contribution in [0.4, 0.5) is 0 Å². The molecule has 2 atom stereocenters. The summed E-state index contributed by atoms with van der Waals surface area (Å²) in [6.45, 7) is 3.88. The molecule has 30 heavy (non-hydrogen) atoms. The van der Waals surface area contributed by atoms with Gasteiger partial charge in [-0.1, -0.05) is 38.1 Å². The number of carbonyl (C=O) groups is 2. The van der Waals surface area contributed by atoms with Gasteiger partial charge in [0.05, 0.1) is 20.1 Å². The highest BCUT2D eigenvalue weighted by molar-refractivity contribution is 5.78. The van der Waals surface area contributed by atoms with Crippen LogP contribution in [-0.4, -0.2) is 49.0 Å². The molecule has 0 bridgehead atoms. The molecule has 0 saturated carbocycles. The van der Waals surface area contributed by atoms with E-state index >= 15 is 0 Å². The fourth-order valence-corrected chi connectivity index (χ4v) is 3.26. The summed E-state index contributed by atoms with van der Waals surface area (Å²) in [7, 11) is 3.13. The van der Waals surface area contributed by atoms with Gasteiger partial charge in [0.1, 0.15) is 17.5 Å². The number of benzene rings is 2. The molecule has 0 fully saturated rings. The molecule has 2 aromatic carbocycles. The smallest absolute Gasteiger partial charge is 0.320 e. The van der Waals surface area contributed by atoms with E-state index in [0.717, 1.165) is 11.1 Å². The van der Waals surface area contributed by atoms with E-state index in [1.807, 2.05) is 32.0 Å². The van der Waals surface area contributed by atoms with Crippen molar-refractivity contribution in [2.75, 3.05) is 20.8 Å². The lowest BCUT2D eigenvalue weighted by atomic mass is 9.94. The van der Waals surface area contributed by atoms with Gasteiger partial charge in [0.15, 0.2) is 0 Å². The fraction of sp³-hybridized carbons (Fsp3) is 0.391. The van der Waals surface area contributed by atoms with Gasteiger partial charge in [-0.2, -0.15) is 0 Å². The number of aliphatic carboxylic acids is 2. The SMILES string of the molecule is COc1cc(OC)cc(-c2cccc(C(CNC(CC(C)C)C(=O)O)C(=O)O)c2)c1. The van der Waals surface area contributed by atoms with Crippen LogP contribution in [0.5, 0.6) is 11.5 Å². The summed E-state index contributed by atoms with van der Waals surface area (Å²) < 4.78 is 10.6. The molecule has 2 unspecified atom stereocenters. The first-order valence-electron chi connectivity index (χ1n) is 9.77. The molecule has 0 aromatic heterocycles. The molecule has 0 heterocycles. The van der Waals surface area contributed by atoms with Gasteiger partial charge in [-0.05, 0) is 41.2 Å². The van der Waals surface area contributed by atoms with E-state index in [0.29, 0.717) is 23.5 Å². The molecule has 0 aliphatic heterocycles. The lowest BCUT2D eigenvalue weighted by Gasteiger charge is -2.20. The van der Waals surface area contributed by atoms with Crippen LogP contribution in [0.1, 0.15) is 31.7 Å². The predicted molar refractivity (Wildman–Crippen MR) is 114 cm³/mol.